The molecule has 1 fully saturated rings. The van der Waals surface area contributed by atoms with Crippen LogP contribution in [-0.4, -0.2) is 42.9 Å². The number of hydrogen-bond acceptors (Lipinski definition) is 4. The van der Waals surface area contributed by atoms with Crippen molar-refractivity contribution in [1.29, 1.82) is 0 Å². The summed E-state index contributed by atoms with van der Waals surface area (Å²) in [5.41, 5.74) is 1.16. The Morgan fingerprint density at radius 2 is 1.93 bits per heavy atom. The van der Waals surface area contributed by atoms with Crippen LogP contribution in [0.2, 0.25) is 0 Å². The van der Waals surface area contributed by atoms with Crippen molar-refractivity contribution in [2.45, 2.75) is 36.0 Å². The lowest BCUT2D eigenvalue weighted by atomic mass is 10.2. The smallest absolute Gasteiger partial charge is 0.191 e. The van der Waals surface area contributed by atoms with Crippen molar-refractivity contribution < 1.29 is 0 Å². The zero-order valence-electron chi connectivity index (χ0n) is 16.8. The van der Waals surface area contributed by atoms with Crippen LogP contribution in [0.25, 0.3) is 0 Å². The van der Waals surface area contributed by atoms with Crippen molar-refractivity contribution >= 4 is 47.5 Å². The largest absolute Gasteiger partial charge is 0.363 e. The van der Waals surface area contributed by atoms with Gasteiger partial charge in [-0.1, -0.05) is 18.2 Å². The Balaban J connectivity index is 0.00000280. The molecule has 5 nitrogen and oxygen atoms in total. The first-order chi connectivity index (χ1) is 13.1. The van der Waals surface area contributed by atoms with Crippen molar-refractivity contribution in [2.75, 3.05) is 32.1 Å². The molecule has 0 aliphatic heterocycles. The van der Waals surface area contributed by atoms with Crippen LogP contribution in [0, 0.1) is 0 Å². The van der Waals surface area contributed by atoms with E-state index in [0.717, 1.165) is 30.4 Å². The van der Waals surface area contributed by atoms with Gasteiger partial charge in [0.05, 0.1) is 6.54 Å². The molecule has 1 aliphatic rings. The molecule has 0 unspecified atom stereocenters. The maximum atomic E-state index is 4.76. The summed E-state index contributed by atoms with van der Waals surface area (Å²) in [4.78, 5) is 12.5. The van der Waals surface area contributed by atoms with Gasteiger partial charge in [-0.05, 0) is 49.6 Å². The average Bonchev–Trinajstić information content (AvgIpc) is 3.44. The standard InChI is InChI=1S/C21H29N5S.HI/c1-4-22-20(24-15-17-10-13-23-19(14-17)26(2)3)25-16-21(11-12-21)27-18-8-6-5-7-9-18;/h5-10,13-14H,4,11-12,15-16H2,1-3H3,(H2,22,24,25);1H. The molecule has 0 bridgehead atoms. The number of pyridine rings is 1. The molecule has 152 valence electrons. The number of thioether (sulfide) groups is 1. The third kappa shape index (κ3) is 6.84. The van der Waals surface area contributed by atoms with E-state index in [0.29, 0.717) is 11.3 Å². The predicted octanol–water partition coefficient (Wildman–Crippen LogP) is 4.15. The highest BCUT2D eigenvalue weighted by Crippen LogP contribution is 2.51. The summed E-state index contributed by atoms with van der Waals surface area (Å²) in [6.45, 7) is 4.51. The molecule has 1 aromatic carbocycles. The minimum atomic E-state index is 0. The highest BCUT2D eigenvalue weighted by Gasteiger charge is 2.43. The van der Waals surface area contributed by atoms with E-state index >= 15 is 0 Å². The van der Waals surface area contributed by atoms with Crippen molar-refractivity contribution in [3.05, 3.63) is 54.2 Å². The molecular formula is C21H30IN5S. The van der Waals surface area contributed by atoms with Crippen molar-refractivity contribution in [3.8, 4) is 0 Å². The van der Waals surface area contributed by atoms with Crippen LogP contribution in [0.15, 0.2) is 58.5 Å². The molecule has 0 radical (unpaired) electrons. The molecule has 1 aliphatic carbocycles. The summed E-state index contributed by atoms with van der Waals surface area (Å²) in [6, 6.07) is 14.8. The van der Waals surface area contributed by atoms with Gasteiger partial charge in [0.1, 0.15) is 5.82 Å². The number of aliphatic imine (C=N–C) groups is 1. The van der Waals surface area contributed by atoms with Crippen LogP contribution in [-0.2, 0) is 6.54 Å². The number of benzene rings is 1. The molecule has 3 rings (SSSR count). The van der Waals surface area contributed by atoms with Gasteiger partial charge in [-0.3, -0.25) is 0 Å². The molecule has 0 amide bonds. The number of halogens is 1. The van der Waals surface area contributed by atoms with E-state index < -0.39 is 0 Å². The summed E-state index contributed by atoms with van der Waals surface area (Å²) in [7, 11) is 4.00. The molecule has 7 heteroatoms. The summed E-state index contributed by atoms with van der Waals surface area (Å²) < 4.78 is 0.298. The minimum absolute atomic E-state index is 0. The molecule has 0 spiro atoms. The monoisotopic (exact) mass is 511 g/mol. The highest BCUT2D eigenvalue weighted by molar-refractivity contribution is 14.0. The maximum absolute atomic E-state index is 4.76. The van der Waals surface area contributed by atoms with Gasteiger partial charge in [-0.25, -0.2) is 9.98 Å². The Bertz CT molecular complexity index is 762. The van der Waals surface area contributed by atoms with E-state index in [2.05, 4.69) is 58.9 Å². The second-order valence-corrected chi connectivity index (χ2v) is 8.61. The maximum Gasteiger partial charge on any atom is 0.191 e. The van der Waals surface area contributed by atoms with Gasteiger partial charge < -0.3 is 15.5 Å². The fourth-order valence-electron chi connectivity index (χ4n) is 2.75. The lowest BCUT2D eigenvalue weighted by molar-refractivity contribution is 0.769. The van der Waals surface area contributed by atoms with E-state index in [-0.39, 0.29) is 24.0 Å². The lowest BCUT2D eigenvalue weighted by Crippen LogP contribution is -2.41. The topological polar surface area (TPSA) is 52.6 Å². The van der Waals surface area contributed by atoms with Crippen LogP contribution in [0.1, 0.15) is 25.3 Å². The van der Waals surface area contributed by atoms with Gasteiger partial charge in [0.2, 0.25) is 0 Å². The summed E-state index contributed by atoms with van der Waals surface area (Å²) in [5.74, 6) is 1.83. The predicted molar refractivity (Wildman–Crippen MR) is 131 cm³/mol. The van der Waals surface area contributed by atoms with E-state index in [1.165, 1.54) is 17.7 Å². The third-order valence-electron chi connectivity index (χ3n) is 4.50. The fraction of sp³-hybridized carbons (Fsp3) is 0.429. The highest BCUT2D eigenvalue weighted by atomic mass is 127. The van der Waals surface area contributed by atoms with Gasteiger partial charge in [0, 0.05) is 43.0 Å². The fourth-order valence-corrected chi connectivity index (χ4v) is 4.00. The van der Waals surface area contributed by atoms with Crippen molar-refractivity contribution in [3.63, 3.8) is 0 Å². The third-order valence-corrected chi connectivity index (χ3v) is 5.99. The van der Waals surface area contributed by atoms with Gasteiger partial charge >= 0.3 is 0 Å². The van der Waals surface area contributed by atoms with E-state index in [1.54, 1.807) is 0 Å². The molecule has 1 heterocycles. The molecule has 1 aromatic heterocycles. The van der Waals surface area contributed by atoms with Gasteiger partial charge in [0.25, 0.3) is 0 Å². The Hall–Kier alpha value is -1.48. The van der Waals surface area contributed by atoms with E-state index in [9.17, 15) is 0 Å². The SMILES string of the molecule is CCNC(=NCc1ccnc(N(C)C)c1)NCC1(Sc2ccccc2)CC1.I. The number of anilines is 1. The van der Waals surface area contributed by atoms with E-state index in [1.807, 2.05) is 43.0 Å². The van der Waals surface area contributed by atoms with Crippen LogP contribution in [0.3, 0.4) is 0 Å². The van der Waals surface area contributed by atoms with Crippen LogP contribution in [0.5, 0.6) is 0 Å². The average molecular weight is 511 g/mol. The van der Waals surface area contributed by atoms with Crippen molar-refractivity contribution in [2.24, 2.45) is 4.99 Å². The van der Waals surface area contributed by atoms with E-state index in [4.69, 9.17) is 4.99 Å². The number of nitrogens with zero attached hydrogens (tertiary/aromatic N) is 3. The van der Waals surface area contributed by atoms with Gasteiger partial charge in [0.15, 0.2) is 5.96 Å². The second kappa shape index (κ2) is 10.9. The zero-order chi connectivity index (χ0) is 19.1. The molecule has 2 aromatic rings. The summed E-state index contributed by atoms with van der Waals surface area (Å²) in [5, 5.41) is 6.90. The Morgan fingerprint density at radius 3 is 2.57 bits per heavy atom. The normalized spacial score (nSPS) is 14.8. The number of guanidine groups is 1. The van der Waals surface area contributed by atoms with Crippen LogP contribution >= 0.6 is 35.7 Å². The second-order valence-electron chi connectivity index (χ2n) is 7.06. The van der Waals surface area contributed by atoms with Crippen LogP contribution in [0.4, 0.5) is 5.82 Å². The Kier molecular flexibility index (Phi) is 8.88. The molecule has 1 saturated carbocycles. The molecule has 28 heavy (non-hydrogen) atoms. The number of aromatic nitrogens is 1. The first-order valence-electron chi connectivity index (χ1n) is 9.49. The van der Waals surface area contributed by atoms with Crippen molar-refractivity contribution in [1.82, 2.24) is 15.6 Å². The summed E-state index contributed by atoms with van der Waals surface area (Å²) in [6.07, 6.45) is 4.33. The van der Waals surface area contributed by atoms with Gasteiger partial charge in [-0.15, -0.1) is 35.7 Å². The minimum Gasteiger partial charge on any atom is -0.363 e. The lowest BCUT2D eigenvalue weighted by Gasteiger charge is -2.18. The molecule has 0 saturated heterocycles. The first kappa shape index (κ1) is 22.8. The molecule has 2 N–H and O–H groups in total. The number of rotatable bonds is 8. The summed E-state index contributed by atoms with van der Waals surface area (Å²) >= 11 is 1.98. The zero-order valence-corrected chi connectivity index (χ0v) is 20.0. The Labute approximate surface area is 189 Å². The van der Waals surface area contributed by atoms with Crippen LogP contribution < -0.4 is 15.5 Å². The first-order valence-corrected chi connectivity index (χ1v) is 10.3. The molecule has 0 atom stereocenters. The number of nitrogens with one attached hydrogen (secondary N) is 2. The molecular weight excluding hydrogens is 481 g/mol. The number of hydrogen-bond donors (Lipinski definition) is 2. The Morgan fingerprint density at radius 1 is 1.18 bits per heavy atom. The quantitative estimate of drug-likeness (QED) is 0.317. The van der Waals surface area contributed by atoms with Gasteiger partial charge in [-0.2, -0.15) is 0 Å².